The number of H-pyrrole nitrogens is 1. The fourth-order valence-electron chi connectivity index (χ4n) is 2.56. The molecule has 2 N–H and O–H groups in total. The van der Waals surface area contributed by atoms with Crippen LogP contribution in [-0.4, -0.2) is 30.9 Å². The van der Waals surface area contributed by atoms with Crippen molar-refractivity contribution in [3.8, 4) is 0 Å². The van der Waals surface area contributed by atoms with Crippen LogP contribution in [0.4, 0.5) is 5.69 Å². The van der Waals surface area contributed by atoms with Crippen LogP contribution in [0, 0.1) is 0 Å². The van der Waals surface area contributed by atoms with Crippen molar-refractivity contribution >= 4 is 34.3 Å². The van der Waals surface area contributed by atoms with Crippen LogP contribution in [0.15, 0.2) is 46.5 Å². The first-order chi connectivity index (χ1) is 12.6. The molecule has 3 rings (SSSR count). The van der Waals surface area contributed by atoms with Crippen molar-refractivity contribution in [1.82, 2.24) is 19.7 Å². The fourth-order valence-corrected chi connectivity index (χ4v) is 3.45. The number of nitrogens with zero attached hydrogens (tertiary/aromatic N) is 3. The first kappa shape index (κ1) is 18.2. The van der Waals surface area contributed by atoms with Gasteiger partial charge in [-0.05, 0) is 37.6 Å². The molecule has 0 aliphatic carbocycles. The van der Waals surface area contributed by atoms with Crippen LogP contribution in [0.25, 0.3) is 10.9 Å². The zero-order chi connectivity index (χ0) is 18.5. The largest absolute Gasteiger partial charge is 0.343 e. The Bertz CT molecular complexity index is 960. The molecule has 1 unspecified atom stereocenters. The van der Waals surface area contributed by atoms with Crippen LogP contribution in [0.5, 0.6) is 0 Å². The second-order valence-corrected chi connectivity index (χ2v) is 7.25. The van der Waals surface area contributed by atoms with Gasteiger partial charge in [0.25, 0.3) is 0 Å². The average molecular weight is 371 g/mol. The van der Waals surface area contributed by atoms with Crippen LogP contribution < -0.4 is 11.0 Å². The van der Waals surface area contributed by atoms with E-state index in [4.69, 9.17) is 0 Å². The van der Waals surface area contributed by atoms with Gasteiger partial charge in [-0.25, -0.2) is 9.89 Å². The minimum absolute atomic E-state index is 0.149. The number of nitrogens with one attached hydrogen (secondary N) is 2. The number of benzene rings is 1. The number of carbonyl (C=O) groups is 1. The van der Waals surface area contributed by atoms with Gasteiger partial charge in [0.15, 0.2) is 5.16 Å². The van der Waals surface area contributed by atoms with Crippen molar-refractivity contribution in [3.05, 3.63) is 47.0 Å². The Morgan fingerprint density at radius 1 is 1.35 bits per heavy atom. The molecule has 0 aliphatic heterocycles. The number of pyridine rings is 1. The standard InChI is InChI=1S/C18H21N5O2S/c1-3-4-11-23-17(25)21-22-18(23)26-12(2)16(24)20-15-9-5-8-14-13(15)7-6-10-19-14/h5-10,12H,3-4,11H2,1-2H3,(H,20,24)(H,21,25). The maximum Gasteiger partial charge on any atom is 0.343 e. The molecule has 0 fully saturated rings. The summed E-state index contributed by atoms with van der Waals surface area (Å²) in [5, 5.41) is 10.5. The number of carbonyl (C=O) groups excluding carboxylic acids is 1. The van der Waals surface area contributed by atoms with Crippen molar-refractivity contribution in [3.63, 3.8) is 0 Å². The molecule has 0 saturated carbocycles. The number of amides is 1. The van der Waals surface area contributed by atoms with E-state index in [1.54, 1.807) is 17.7 Å². The van der Waals surface area contributed by atoms with Gasteiger partial charge in [0.2, 0.25) is 5.91 Å². The van der Waals surface area contributed by atoms with Gasteiger partial charge in [-0.2, -0.15) is 0 Å². The number of unbranched alkanes of at least 4 members (excludes halogenated alkanes) is 1. The summed E-state index contributed by atoms with van der Waals surface area (Å²) in [5.74, 6) is -0.149. The van der Waals surface area contributed by atoms with Crippen LogP contribution >= 0.6 is 11.8 Å². The van der Waals surface area contributed by atoms with Crippen LogP contribution in [-0.2, 0) is 11.3 Å². The summed E-state index contributed by atoms with van der Waals surface area (Å²) in [5.41, 5.74) is 1.30. The minimum atomic E-state index is -0.405. The Hall–Kier alpha value is -2.61. The van der Waals surface area contributed by atoms with Crippen LogP contribution in [0.3, 0.4) is 0 Å². The Labute approximate surface area is 155 Å². The highest BCUT2D eigenvalue weighted by Gasteiger charge is 2.19. The smallest absolute Gasteiger partial charge is 0.324 e. The topological polar surface area (TPSA) is 92.7 Å². The van der Waals surface area contributed by atoms with Crippen LogP contribution in [0.1, 0.15) is 26.7 Å². The average Bonchev–Trinajstić information content (AvgIpc) is 2.99. The zero-order valence-corrected chi connectivity index (χ0v) is 15.5. The van der Waals surface area contributed by atoms with E-state index in [9.17, 15) is 9.59 Å². The van der Waals surface area contributed by atoms with Crippen LogP contribution in [0.2, 0.25) is 0 Å². The molecular weight excluding hydrogens is 350 g/mol. The molecule has 8 heteroatoms. The molecule has 26 heavy (non-hydrogen) atoms. The van der Waals surface area contributed by atoms with Gasteiger partial charge in [0.1, 0.15) is 0 Å². The van der Waals surface area contributed by atoms with Crippen molar-refractivity contribution in [2.24, 2.45) is 0 Å². The number of fused-ring (bicyclic) bond motifs is 1. The zero-order valence-electron chi connectivity index (χ0n) is 14.7. The van der Waals surface area contributed by atoms with Gasteiger partial charge in [-0.15, -0.1) is 5.10 Å². The summed E-state index contributed by atoms with van der Waals surface area (Å²) in [6, 6.07) is 9.38. The highest BCUT2D eigenvalue weighted by molar-refractivity contribution is 8.00. The summed E-state index contributed by atoms with van der Waals surface area (Å²) >= 11 is 1.27. The minimum Gasteiger partial charge on any atom is -0.324 e. The Morgan fingerprint density at radius 3 is 3.00 bits per heavy atom. The van der Waals surface area contributed by atoms with E-state index in [0.29, 0.717) is 11.7 Å². The normalized spacial score (nSPS) is 12.2. The maximum atomic E-state index is 12.6. The lowest BCUT2D eigenvalue weighted by atomic mass is 10.2. The van der Waals surface area contributed by atoms with E-state index in [2.05, 4.69) is 27.4 Å². The number of aromatic nitrogens is 4. The third-order valence-electron chi connectivity index (χ3n) is 4.01. The molecule has 136 valence electrons. The first-order valence-electron chi connectivity index (χ1n) is 8.56. The summed E-state index contributed by atoms with van der Waals surface area (Å²) in [6.45, 7) is 4.46. The molecule has 1 amide bonds. The van der Waals surface area contributed by atoms with Gasteiger partial charge in [-0.3, -0.25) is 14.3 Å². The number of anilines is 1. The van der Waals surface area contributed by atoms with E-state index >= 15 is 0 Å². The molecule has 0 spiro atoms. The lowest BCUT2D eigenvalue weighted by molar-refractivity contribution is -0.115. The molecule has 2 aromatic heterocycles. The monoisotopic (exact) mass is 371 g/mol. The molecule has 1 atom stereocenters. The number of thioether (sulfide) groups is 1. The van der Waals surface area contributed by atoms with E-state index in [1.807, 2.05) is 30.3 Å². The van der Waals surface area contributed by atoms with E-state index < -0.39 is 5.25 Å². The van der Waals surface area contributed by atoms with Gasteiger partial charge >= 0.3 is 5.69 Å². The molecule has 0 bridgehead atoms. The van der Waals surface area contributed by atoms with Gasteiger partial charge in [0, 0.05) is 18.1 Å². The quantitative estimate of drug-likeness (QED) is 0.623. The predicted octanol–water partition coefficient (Wildman–Crippen LogP) is 3.04. The van der Waals surface area contributed by atoms with E-state index in [1.165, 1.54) is 11.8 Å². The lowest BCUT2D eigenvalue weighted by Crippen LogP contribution is -2.24. The second kappa shape index (κ2) is 8.18. The summed E-state index contributed by atoms with van der Waals surface area (Å²) < 4.78 is 1.58. The SMILES string of the molecule is CCCCn1c(SC(C)C(=O)Nc2cccc3ncccc23)n[nH]c1=O. The summed E-state index contributed by atoms with van der Waals surface area (Å²) in [4.78, 5) is 28.8. The number of hydrogen-bond acceptors (Lipinski definition) is 5. The van der Waals surface area contributed by atoms with Crippen molar-refractivity contribution < 1.29 is 4.79 Å². The van der Waals surface area contributed by atoms with E-state index in [0.717, 1.165) is 29.4 Å². The predicted molar refractivity (Wildman–Crippen MR) is 103 cm³/mol. The lowest BCUT2D eigenvalue weighted by Gasteiger charge is -2.13. The van der Waals surface area contributed by atoms with Crippen molar-refractivity contribution in [2.45, 2.75) is 43.6 Å². The Balaban J connectivity index is 1.73. The maximum absolute atomic E-state index is 12.6. The van der Waals surface area contributed by atoms with Crippen molar-refractivity contribution in [2.75, 3.05) is 5.32 Å². The number of aromatic amines is 1. The molecule has 2 heterocycles. The van der Waals surface area contributed by atoms with Gasteiger partial charge in [-0.1, -0.05) is 31.2 Å². The fraction of sp³-hybridized carbons (Fsp3) is 0.333. The summed E-state index contributed by atoms with van der Waals surface area (Å²) in [6.07, 6.45) is 3.59. The Morgan fingerprint density at radius 2 is 2.19 bits per heavy atom. The molecule has 1 aromatic carbocycles. The van der Waals surface area contributed by atoms with E-state index in [-0.39, 0.29) is 11.6 Å². The summed E-state index contributed by atoms with van der Waals surface area (Å²) in [7, 11) is 0. The molecule has 0 aliphatic rings. The van der Waals surface area contributed by atoms with Gasteiger partial charge < -0.3 is 5.32 Å². The van der Waals surface area contributed by atoms with Crippen molar-refractivity contribution in [1.29, 1.82) is 0 Å². The third-order valence-corrected chi connectivity index (χ3v) is 5.10. The third kappa shape index (κ3) is 3.96. The molecule has 7 nitrogen and oxygen atoms in total. The molecule has 0 saturated heterocycles. The molecule has 3 aromatic rings. The molecular formula is C18H21N5O2S. The second-order valence-electron chi connectivity index (χ2n) is 5.94. The van der Waals surface area contributed by atoms with Gasteiger partial charge in [0.05, 0.1) is 16.5 Å². The number of hydrogen-bond donors (Lipinski definition) is 2. The number of rotatable bonds is 7. The molecule has 0 radical (unpaired) electrons. The highest BCUT2D eigenvalue weighted by atomic mass is 32.2. The Kier molecular flexibility index (Phi) is 5.72. The first-order valence-corrected chi connectivity index (χ1v) is 9.44. The highest BCUT2D eigenvalue weighted by Crippen LogP contribution is 2.25.